The molecule has 3 aliphatic rings. The summed E-state index contributed by atoms with van der Waals surface area (Å²) in [5.41, 5.74) is 2.87. The lowest BCUT2D eigenvalue weighted by Gasteiger charge is -2.49. The van der Waals surface area contributed by atoms with Crippen LogP contribution in [0, 0.1) is 11.8 Å². The Bertz CT molecular complexity index is 1130. The third kappa shape index (κ3) is 4.63. The summed E-state index contributed by atoms with van der Waals surface area (Å²) in [5.74, 6) is 2.20. The average molecular weight is 462 g/mol. The first-order valence-electron chi connectivity index (χ1n) is 11.8. The van der Waals surface area contributed by atoms with Gasteiger partial charge in [-0.25, -0.2) is 0 Å². The fraction of sp³-hybridized carbons (Fsp3) is 0.423. The van der Waals surface area contributed by atoms with E-state index in [-0.39, 0.29) is 11.8 Å². The zero-order valence-electron chi connectivity index (χ0n) is 19.7. The quantitative estimate of drug-likeness (QED) is 0.556. The molecule has 34 heavy (non-hydrogen) atoms. The van der Waals surface area contributed by atoms with Crippen LogP contribution in [0.4, 0.5) is 0 Å². The molecule has 0 saturated carbocycles. The molecule has 3 saturated heterocycles. The Labute approximate surface area is 199 Å². The van der Waals surface area contributed by atoms with Gasteiger partial charge in [0.25, 0.3) is 0 Å². The van der Waals surface area contributed by atoms with E-state index in [1.807, 2.05) is 59.4 Å². The van der Waals surface area contributed by atoms with E-state index in [4.69, 9.17) is 9.47 Å². The fourth-order valence-electron chi connectivity index (χ4n) is 5.29. The van der Waals surface area contributed by atoms with E-state index in [0.717, 1.165) is 60.8 Å². The Kier molecular flexibility index (Phi) is 6.49. The number of nitrogens with zero attached hydrogens (tertiary/aromatic N) is 4. The molecule has 1 amide bonds. The van der Waals surface area contributed by atoms with Gasteiger partial charge < -0.3 is 14.8 Å². The highest BCUT2D eigenvalue weighted by Gasteiger charge is 2.43. The van der Waals surface area contributed by atoms with Crippen LogP contribution >= 0.6 is 0 Å². The molecular formula is C26H31N5O3. The molecule has 0 radical (unpaired) electrons. The number of para-hydroxylation sites is 1. The van der Waals surface area contributed by atoms with Crippen molar-refractivity contribution in [2.24, 2.45) is 11.8 Å². The van der Waals surface area contributed by atoms with Crippen molar-refractivity contribution < 1.29 is 14.3 Å². The molecule has 1 N–H and O–H groups in total. The van der Waals surface area contributed by atoms with E-state index in [0.29, 0.717) is 18.5 Å². The van der Waals surface area contributed by atoms with Gasteiger partial charge in [-0.1, -0.05) is 23.4 Å². The van der Waals surface area contributed by atoms with Gasteiger partial charge in [-0.15, -0.1) is 5.10 Å². The monoisotopic (exact) mass is 461 g/mol. The van der Waals surface area contributed by atoms with Crippen molar-refractivity contribution in [1.82, 2.24) is 25.2 Å². The number of rotatable bonds is 8. The lowest BCUT2D eigenvalue weighted by Crippen LogP contribution is -2.58. The topological polar surface area (TPSA) is 81.5 Å². The molecular weight excluding hydrogens is 430 g/mol. The molecule has 2 bridgehead atoms. The summed E-state index contributed by atoms with van der Waals surface area (Å²) in [7, 11) is 3.32. The number of ether oxygens (including phenoxy) is 2. The molecule has 4 atom stereocenters. The highest BCUT2D eigenvalue weighted by atomic mass is 16.5. The number of hydrogen-bond donors (Lipinski definition) is 1. The maximum atomic E-state index is 13.0. The molecule has 178 valence electrons. The van der Waals surface area contributed by atoms with Crippen LogP contribution in [-0.4, -0.2) is 59.2 Å². The highest BCUT2D eigenvalue weighted by Crippen LogP contribution is 2.37. The normalized spacial score (nSPS) is 23.5. The van der Waals surface area contributed by atoms with Crippen LogP contribution < -0.4 is 14.8 Å². The first kappa shape index (κ1) is 22.4. The number of nitrogens with one attached hydrogen (secondary N) is 1. The Balaban J connectivity index is 1.18. The third-order valence-corrected chi connectivity index (χ3v) is 7.18. The molecule has 8 heteroatoms. The zero-order valence-corrected chi connectivity index (χ0v) is 19.7. The number of methoxy groups -OCH3 is 2. The molecule has 8 nitrogen and oxygen atoms in total. The van der Waals surface area contributed by atoms with Crippen LogP contribution in [0.15, 0.2) is 54.7 Å². The summed E-state index contributed by atoms with van der Waals surface area (Å²) in [5, 5.41) is 11.9. The predicted octanol–water partition coefficient (Wildman–Crippen LogP) is 2.99. The van der Waals surface area contributed by atoms with Gasteiger partial charge in [0.1, 0.15) is 17.2 Å². The van der Waals surface area contributed by atoms with Gasteiger partial charge in [0.2, 0.25) is 5.91 Å². The Morgan fingerprint density at radius 3 is 2.68 bits per heavy atom. The van der Waals surface area contributed by atoms with Crippen molar-refractivity contribution in [3.63, 3.8) is 0 Å². The van der Waals surface area contributed by atoms with Gasteiger partial charge in [-0.2, -0.15) is 0 Å². The number of fused-ring (bicyclic) bond motifs is 3. The van der Waals surface area contributed by atoms with E-state index in [1.165, 1.54) is 0 Å². The smallest absolute Gasteiger partial charge is 0.224 e. The Morgan fingerprint density at radius 2 is 1.94 bits per heavy atom. The molecule has 2 aromatic carbocycles. The van der Waals surface area contributed by atoms with Gasteiger partial charge in [0.15, 0.2) is 0 Å². The number of aromatic nitrogens is 3. The number of carbonyl (C=O) groups is 1. The lowest BCUT2D eigenvalue weighted by atomic mass is 9.75. The second-order valence-electron chi connectivity index (χ2n) is 9.12. The van der Waals surface area contributed by atoms with Gasteiger partial charge in [0.05, 0.1) is 32.9 Å². The minimum absolute atomic E-state index is 0.0327. The lowest BCUT2D eigenvalue weighted by molar-refractivity contribution is -0.133. The molecule has 3 fully saturated rings. The maximum absolute atomic E-state index is 13.0. The summed E-state index contributed by atoms with van der Waals surface area (Å²) in [6, 6.07) is 16.0. The molecule has 3 aromatic rings. The van der Waals surface area contributed by atoms with E-state index < -0.39 is 0 Å². The summed E-state index contributed by atoms with van der Waals surface area (Å²) in [4.78, 5) is 15.5. The molecule has 6 rings (SSSR count). The predicted molar refractivity (Wildman–Crippen MR) is 128 cm³/mol. The summed E-state index contributed by atoms with van der Waals surface area (Å²) >= 11 is 0. The van der Waals surface area contributed by atoms with Crippen LogP contribution in [0.2, 0.25) is 0 Å². The molecule has 1 aromatic heterocycles. The van der Waals surface area contributed by atoms with Gasteiger partial charge in [-0.3, -0.25) is 14.4 Å². The highest BCUT2D eigenvalue weighted by molar-refractivity contribution is 5.79. The summed E-state index contributed by atoms with van der Waals surface area (Å²) in [6.45, 7) is 3.11. The fourth-order valence-corrected chi connectivity index (χ4v) is 5.29. The average Bonchev–Trinajstić information content (AvgIpc) is 3.36. The van der Waals surface area contributed by atoms with Crippen molar-refractivity contribution in [2.45, 2.75) is 32.0 Å². The first-order valence-corrected chi connectivity index (χ1v) is 11.8. The van der Waals surface area contributed by atoms with E-state index in [2.05, 4.69) is 20.5 Å². The SMILES string of the molecule is COc1ccc(-c2cn(CC3CC4CCN3CC4C(=O)NCc3ccccc3OC)nn2)cc1. The van der Waals surface area contributed by atoms with Gasteiger partial charge in [0, 0.05) is 30.3 Å². The molecule has 4 unspecified atom stereocenters. The molecule has 0 spiro atoms. The second-order valence-corrected chi connectivity index (χ2v) is 9.12. The third-order valence-electron chi connectivity index (χ3n) is 7.18. The van der Waals surface area contributed by atoms with E-state index >= 15 is 0 Å². The Hall–Kier alpha value is -3.39. The minimum atomic E-state index is 0.0327. The van der Waals surface area contributed by atoms with Gasteiger partial charge in [-0.05, 0) is 55.6 Å². The van der Waals surface area contributed by atoms with Crippen LogP contribution in [0.3, 0.4) is 0 Å². The van der Waals surface area contributed by atoms with E-state index in [1.54, 1.807) is 14.2 Å². The standard InChI is InChI=1S/C26H31N5O3/c1-33-22-9-7-18(8-10-22)24-17-31(29-28-24)15-21-13-19-11-12-30(21)16-23(19)26(32)27-14-20-5-3-4-6-25(20)34-2/h3-10,17,19,21,23H,11-16H2,1-2H3,(H,27,32). The van der Waals surface area contributed by atoms with E-state index in [9.17, 15) is 4.79 Å². The number of piperidine rings is 3. The Morgan fingerprint density at radius 1 is 1.12 bits per heavy atom. The zero-order chi connectivity index (χ0) is 23.5. The van der Waals surface area contributed by atoms with Crippen molar-refractivity contribution in [2.75, 3.05) is 27.3 Å². The van der Waals surface area contributed by atoms with Crippen molar-refractivity contribution in [1.29, 1.82) is 0 Å². The number of amides is 1. The number of carbonyl (C=O) groups excluding carboxylic acids is 1. The van der Waals surface area contributed by atoms with Crippen molar-refractivity contribution in [3.8, 4) is 22.8 Å². The number of benzene rings is 2. The van der Waals surface area contributed by atoms with Crippen LogP contribution in [-0.2, 0) is 17.9 Å². The summed E-state index contributed by atoms with van der Waals surface area (Å²) < 4.78 is 12.6. The first-order chi connectivity index (χ1) is 16.6. The molecule has 3 aliphatic heterocycles. The van der Waals surface area contributed by atoms with Crippen LogP contribution in [0.1, 0.15) is 18.4 Å². The molecule has 0 aliphatic carbocycles. The second kappa shape index (κ2) is 9.85. The van der Waals surface area contributed by atoms with Crippen molar-refractivity contribution >= 4 is 5.91 Å². The summed E-state index contributed by atoms with van der Waals surface area (Å²) in [6.07, 6.45) is 4.07. The van der Waals surface area contributed by atoms with Crippen molar-refractivity contribution in [3.05, 3.63) is 60.3 Å². The maximum Gasteiger partial charge on any atom is 0.224 e. The van der Waals surface area contributed by atoms with Crippen LogP contribution in [0.25, 0.3) is 11.3 Å². The van der Waals surface area contributed by atoms with Crippen LogP contribution in [0.5, 0.6) is 11.5 Å². The minimum Gasteiger partial charge on any atom is -0.497 e. The van der Waals surface area contributed by atoms with Gasteiger partial charge >= 0.3 is 0 Å². The largest absolute Gasteiger partial charge is 0.497 e. The molecule has 4 heterocycles. The number of hydrogen-bond acceptors (Lipinski definition) is 6.